The quantitative estimate of drug-likeness (QED) is 0.646. The molecule has 0 aliphatic heterocycles. The van der Waals surface area contributed by atoms with E-state index in [4.69, 9.17) is 5.73 Å². The summed E-state index contributed by atoms with van der Waals surface area (Å²) >= 11 is 1.75. The first-order valence-electron chi connectivity index (χ1n) is 3.42. The number of nitrogens with two attached hydrogens (primary N) is 1. The minimum atomic E-state index is -2.66. The topological polar surface area (TPSA) is 59.1 Å². The highest BCUT2D eigenvalue weighted by molar-refractivity contribution is 14.1. The Kier molecular flexibility index (Phi) is 3.37. The van der Waals surface area contributed by atoms with Gasteiger partial charge in [-0.1, -0.05) is 0 Å². The molecule has 1 rings (SSSR count). The summed E-state index contributed by atoms with van der Waals surface area (Å²) in [5.74, 6) is -0.249. The molecule has 0 unspecified atom stereocenters. The first-order chi connectivity index (χ1) is 6.07. The first-order valence-corrected chi connectivity index (χ1v) is 4.50. The monoisotopic (exact) mass is 300 g/mol. The van der Waals surface area contributed by atoms with Crippen molar-refractivity contribution in [1.29, 1.82) is 0 Å². The Morgan fingerprint density at radius 3 is 2.69 bits per heavy atom. The van der Waals surface area contributed by atoms with Crippen LogP contribution in [0.2, 0.25) is 0 Å². The number of aromatic nitrogens is 1. The fourth-order valence-corrected chi connectivity index (χ4v) is 1.39. The normalized spacial score (nSPS) is 10.8. The SMILES string of the molecule is NCc1c(C(F)F)cnc(I)c1O. The van der Waals surface area contributed by atoms with Crippen LogP contribution in [0.15, 0.2) is 6.20 Å². The smallest absolute Gasteiger partial charge is 0.265 e. The molecule has 72 valence electrons. The molecule has 6 heteroatoms. The van der Waals surface area contributed by atoms with Crippen LogP contribution in [0, 0.1) is 3.70 Å². The Bertz CT molecular complexity index is 320. The van der Waals surface area contributed by atoms with E-state index in [0.717, 1.165) is 6.20 Å². The van der Waals surface area contributed by atoms with Crippen molar-refractivity contribution in [3.63, 3.8) is 0 Å². The van der Waals surface area contributed by atoms with Crippen LogP contribution >= 0.6 is 22.6 Å². The van der Waals surface area contributed by atoms with E-state index >= 15 is 0 Å². The maximum absolute atomic E-state index is 12.3. The van der Waals surface area contributed by atoms with Crippen LogP contribution < -0.4 is 5.73 Å². The van der Waals surface area contributed by atoms with Crippen molar-refractivity contribution in [3.8, 4) is 5.75 Å². The largest absolute Gasteiger partial charge is 0.505 e. The van der Waals surface area contributed by atoms with Crippen LogP contribution in [0.3, 0.4) is 0 Å². The highest BCUT2D eigenvalue weighted by Gasteiger charge is 2.17. The van der Waals surface area contributed by atoms with Gasteiger partial charge < -0.3 is 10.8 Å². The summed E-state index contributed by atoms with van der Waals surface area (Å²) in [5, 5.41) is 9.34. The van der Waals surface area contributed by atoms with Crippen molar-refractivity contribution in [2.75, 3.05) is 0 Å². The maximum Gasteiger partial charge on any atom is 0.265 e. The van der Waals surface area contributed by atoms with Gasteiger partial charge in [0.25, 0.3) is 6.43 Å². The number of halogens is 3. The van der Waals surface area contributed by atoms with Gasteiger partial charge in [-0.05, 0) is 22.6 Å². The highest BCUT2D eigenvalue weighted by atomic mass is 127. The molecule has 0 saturated heterocycles. The molecule has 1 aromatic heterocycles. The third-order valence-corrected chi connectivity index (χ3v) is 2.38. The van der Waals surface area contributed by atoms with Gasteiger partial charge in [0.2, 0.25) is 0 Å². The molecule has 0 atom stereocenters. The predicted molar refractivity (Wildman–Crippen MR) is 51.5 cm³/mol. The molecule has 3 N–H and O–H groups in total. The summed E-state index contributed by atoms with van der Waals surface area (Å²) in [4.78, 5) is 3.61. The average Bonchev–Trinajstić information content (AvgIpc) is 2.09. The molecule has 0 bridgehead atoms. The van der Waals surface area contributed by atoms with Crippen molar-refractivity contribution in [2.45, 2.75) is 13.0 Å². The van der Waals surface area contributed by atoms with E-state index in [9.17, 15) is 13.9 Å². The lowest BCUT2D eigenvalue weighted by Gasteiger charge is -2.08. The third-order valence-electron chi connectivity index (χ3n) is 1.59. The van der Waals surface area contributed by atoms with E-state index in [0.29, 0.717) is 0 Å². The third kappa shape index (κ3) is 2.05. The standard InChI is InChI=1S/C7H7F2IN2O/c8-6(9)4-2-12-7(10)5(13)3(4)1-11/h2,6,13H,1,11H2. The van der Waals surface area contributed by atoms with Gasteiger partial charge in [-0.3, -0.25) is 0 Å². The molecule has 1 heterocycles. The molecule has 0 amide bonds. The zero-order chi connectivity index (χ0) is 10.0. The lowest BCUT2D eigenvalue weighted by Crippen LogP contribution is -2.04. The number of pyridine rings is 1. The number of nitrogens with zero attached hydrogens (tertiary/aromatic N) is 1. The number of alkyl halides is 2. The predicted octanol–water partition coefficient (Wildman–Crippen LogP) is 1.79. The Morgan fingerprint density at radius 1 is 1.62 bits per heavy atom. The van der Waals surface area contributed by atoms with E-state index < -0.39 is 6.43 Å². The van der Waals surface area contributed by atoms with Gasteiger partial charge >= 0.3 is 0 Å². The fourth-order valence-electron chi connectivity index (χ4n) is 0.929. The van der Waals surface area contributed by atoms with E-state index in [1.165, 1.54) is 0 Å². The lowest BCUT2D eigenvalue weighted by molar-refractivity contribution is 0.149. The lowest BCUT2D eigenvalue weighted by atomic mass is 10.1. The molecular weight excluding hydrogens is 293 g/mol. The van der Waals surface area contributed by atoms with E-state index in [1.807, 2.05) is 0 Å². The van der Waals surface area contributed by atoms with Gasteiger partial charge in [0.15, 0.2) is 5.75 Å². The van der Waals surface area contributed by atoms with Crippen molar-refractivity contribution in [1.82, 2.24) is 4.98 Å². The van der Waals surface area contributed by atoms with E-state index in [2.05, 4.69) is 4.98 Å². The molecule has 1 aromatic rings. The number of hydrogen-bond acceptors (Lipinski definition) is 3. The average molecular weight is 300 g/mol. The Balaban J connectivity index is 3.30. The molecular formula is C7H7F2IN2O. The zero-order valence-electron chi connectivity index (χ0n) is 6.47. The summed E-state index contributed by atoms with van der Waals surface area (Å²) < 4.78 is 24.9. The summed E-state index contributed by atoms with van der Waals surface area (Å²) in [6.07, 6.45) is -1.62. The van der Waals surface area contributed by atoms with E-state index in [1.54, 1.807) is 22.6 Å². The molecule has 3 nitrogen and oxygen atoms in total. The zero-order valence-corrected chi connectivity index (χ0v) is 8.62. The highest BCUT2D eigenvalue weighted by Crippen LogP contribution is 2.30. The Hall–Kier alpha value is -0.500. The second-order valence-corrected chi connectivity index (χ2v) is 3.36. The number of aromatic hydroxyl groups is 1. The van der Waals surface area contributed by atoms with Crippen LogP contribution in [0.1, 0.15) is 17.6 Å². The molecule has 0 aromatic carbocycles. The number of rotatable bonds is 2. The first kappa shape index (κ1) is 10.6. The van der Waals surface area contributed by atoms with Crippen LogP contribution in [-0.2, 0) is 6.54 Å². The molecule has 0 aliphatic carbocycles. The van der Waals surface area contributed by atoms with Crippen molar-refractivity contribution >= 4 is 22.6 Å². The Morgan fingerprint density at radius 2 is 2.23 bits per heavy atom. The van der Waals surface area contributed by atoms with Gasteiger partial charge in [-0.15, -0.1) is 0 Å². The minimum absolute atomic E-state index is 0.0643. The van der Waals surface area contributed by atoms with Gasteiger partial charge in [0, 0.05) is 23.9 Å². The van der Waals surface area contributed by atoms with Crippen LogP contribution in [0.25, 0.3) is 0 Å². The molecule has 13 heavy (non-hydrogen) atoms. The minimum Gasteiger partial charge on any atom is -0.505 e. The van der Waals surface area contributed by atoms with Gasteiger partial charge in [0.1, 0.15) is 3.70 Å². The van der Waals surface area contributed by atoms with Crippen molar-refractivity contribution in [2.24, 2.45) is 5.73 Å². The summed E-state index contributed by atoms with van der Waals surface area (Å²) in [6, 6.07) is 0. The van der Waals surface area contributed by atoms with Crippen LogP contribution in [-0.4, -0.2) is 10.1 Å². The molecule has 0 aliphatic rings. The fraction of sp³-hybridized carbons (Fsp3) is 0.286. The molecule has 0 fully saturated rings. The second-order valence-electron chi connectivity index (χ2n) is 2.34. The summed E-state index contributed by atoms with van der Waals surface area (Å²) in [6.45, 7) is -0.121. The molecule has 0 saturated carbocycles. The second kappa shape index (κ2) is 4.14. The van der Waals surface area contributed by atoms with Gasteiger partial charge in [-0.2, -0.15) is 0 Å². The van der Waals surface area contributed by atoms with Crippen molar-refractivity contribution < 1.29 is 13.9 Å². The molecule has 0 radical (unpaired) electrons. The Labute approximate surface area is 87.1 Å². The van der Waals surface area contributed by atoms with Gasteiger partial charge in [0.05, 0.1) is 0 Å². The number of hydrogen-bond donors (Lipinski definition) is 2. The van der Waals surface area contributed by atoms with Crippen LogP contribution in [0.4, 0.5) is 8.78 Å². The maximum atomic E-state index is 12.3. The van der Waals surface area contributed by atoms with Crippen molar-refractivity contribution in [3.05, 3.63) is 21.0 Å². The summed E-state index contributed by atoms with van der Waals surface area (Å²) in [7, 11) is 0. The molecule has 0 spiro atoms. The van der Waals surface area contributed by atoms with E-state index in [-0.39, 0.29) is 27.1 Å². The summed E-state index contributed by atoms with van der Waals surface area (Å²) in [5.41, 5.74) is 4.99. The van der Waals surface area contributed by atoms with Gasteiger partial charge in [-0.25, -0.2) is 13.8 Å². The van der Waals surface area contributed by atoms with Crippen LogP contribution in [0.5, 0.6) is 5.75 Å².